The number of hydrogen-bond donors (Lipinski definition) is 1. The van der Waals surface area contributed by atoms with E-state index in [-0.39, 0.29) is 0 Å². The highest BCUT2D eigenvalue weighted by Gasteiger charge is 2.30. The molecule has 0 radical (unpaired) electrons. The van der Waals surface area contributed by atoms with Gasteiger partial charge in [-0.2, -0.15) is 0 Å². The van der Waals surface area contributed by atoms with Crippen LogP contribution in [0.3, 0.4) is 0 Å². The smallest absolute Gasteiger partial charge is 0.136 e. The van der Waals surface area contributed by atoms with Crippen LogP contribution in [0, 0.1) is 0 Å². The SMILES string of the molecule is C=C1/C=C\C=C/[SH](C)(C)(C)c2cc(N(c3ccc(C4C=c5ccccc5=CC4)cc3)c3ccc4oc5ccc6sc7c8ccccc8ccc7c6c5c4c3)ccc21. The molecule has 1 atom stereocenters. The van der Waals surface area contributed by atoms with Crippen LogP contribution in [0.1, 0.15) is 23.5 Å². The summed E-state index contributed by atoms with van der Waals surface area (Å²) in [4.78, 5) is 3.80. The minimum absolute atomic E-state index is 0.338. The first kappa shape index (κ1) is 34.2. The molecule has 0 spiro atoms. The molecular weight excluding hydrogens is 731 g/mol. The van der Waals surface area contributed by atoms with Crippen LogP contribution in [0.25, 0.3) is 70.6 Å². The van der Waals surface area contributed by atoms with Crippen molar-refractivity contribution in [3.8, 4) is 0 Å². The first-order chi connectivity index (χ1) is 27.7. The van der Waals surface area contributed by atoms with Crippen molar-refractivity contribution in [1.82, 2.24) is 0 Å². The van der Waals surface area contributed by atoms with Gasteiger partial charge in [0.05, 0.1) is 0 Å². The van der Waals surface area contributed by atoms with Gasteiger partial charge in [-0.25, -0.2) is 0 Å². The summed E-state index contributed by atoms with van der Waals surface area (Å²) >= 11 is 1.88. The van der Waals surface area contributed by atoms with Crippen molar-refractivity contribution in [2.75, 3.05) is 23.7 Å². The van der Waals surface area contributed by atoms with E-state index in [0.29, 0.717) is 5.92 Å². The van der Waals surface area contributed by atoms with Crippen LogP contribution in [-0.4, -0.2) is 18.8 Å². The van der Waals surface area contributed by atoms with E-state index >= 15 is 0 Å². The van der Waals surface area contributed by atoms with Crippen molar-refractivity contribution in [1.29, 1.82) is 0 Å². The average molecular weight is 774 g/mol. The fourth-order valence-corrected chi connectivity index (χ4v) is 13.0. The van der Waals surface area contributed by atoms with Crippen molar-refractivity contribution >= 4 is 108 Å². The molecule has 0 bridgehead atoms. The quantitative estimate of drug-likeness (QED) is 0.179. The van der Waals surface area contributed by atoms with Gasteiger partial charge in [-0.1, -0.05) is 121 Å². The summed E-state index contributed by atoms with van der Waals surface area (Å²) in [5.74, 6) is 0.338. The predicted octanol–water partition coefficient (Wildman–Crippen LogP) is 13.7. The molecule has 57 heavy (non-hydrogen) atoms. The van der Waals surface area contributed by atoms with E-state index in [9.17, 15) is 0 Å². The standard InChI is InChI=1S/C53H43NOS2/c1-34-11-9-10-30-57(2,3,4)50-33-42(23-26-43(34)50)54(40-21-18-36(19-22-40)39-17-16-35-12-5-6-14-38(35)31-39)41-24-27-47-46(32-41)51-48(55-47)28-29-49-52(51)45-25-20-37-13-7-8-15-44(37)53(45)56-49/h5-16,18-33,39,57H,1,17H2,2-4H3/b11-9-,30-10-. The lowest BCUT2D eigenvalue weighted by Crippen LogP contribution is -2.27. The Bertz CT molecular complexity index is 3350. The molecule has 9 aromatic rings. The molecule has 11 rings (SSSR count). The van der Waals surface area contributed by atoms with E-state index in [2.05, 4.69) is 199 Å². The number of rotatable bonds is 4. The Hall–Kier alpha value is -6.07. The maximum Gasteiger partial charge on any atom is 0.136 e. The van der Waals surface area contributed by atoms with Crippen LogP contribution < -0.4 is 15.3 Å². The van der Waals surface area contributed by atoms with E-state index in [1.54, 1.807) is 0 Å². The van der Waals surface area contributed by atoms with Crippen molar-refractivity contribution < 1.29 is 4.42 Å². The Balaban J connectivity index is 1.12. The highest BCUT2D eigenvalue weighted by Crippen LogP contribution is 2.70. The Kier molecular flexibility index (Phi) is 7.48. The van der Waals surface area contributed by atoms with Crippen LogP contribution in [0.4, 0.5) is 17.1 Å². The first-order valence-corrected chi connectivity index (χ1v) is 24.2. The zero-order chi connectivity index (χ0) is 38.5. The molecule has 0 N–H and O–H groups in total. The second-order valence-electron chi connectivity index (χ2n) is 17.0. The van der Waals surface area contributed by atoms with Gasteiger partial charge in [-0.3, -0.25) is 9.16 Å². The van der Waals surface area contributed by atoms with Gasteiger partial charge < -0.3 is 9.32 Å². The third kappa shape index (κ3) is 5.54. The third-order valence-electron chi connectivity index (χ3n) is 12.2. The predicted molar refractivity (Wildman–Crippen MR) is 253 cm³/mol. The van der Waals surface area contributed by atoms with Crippen LogP contribution >= 0.6 is 20.5 Å². The summed E-state index contributed by atoms with van der Waals surface area (Å²) in [6, 6.07) is 49.3. The molecule has 0 fully saturated rings. The second kappa shape index (κ2) is 12.5. The molecule has 2 aromatic heterocycles. The van der Waals surface area contributed by atoms with Gasteiger partial charge in [0.1, 0.15) is 11.2 Å². The molecule has 1 aliphatic heterocycles. The van der Waals surface area contributed by atoms with Gasteiger partial charge in [0, 0.05) is 53.9 Å². The summed E-state index contributed by atoms with van der Waals surface area (Å²) in [6.45, 7) is 4.50. The summed E-state index contributed by atoms with van der Waals surface area (Å²) in [7, 11) is -2.45. The molecule has 1 unspecified atom stereocenters. The second-order valence-corrected chi connectivity index (χ2v) is 24.6. The third-order valence-corrected chi connectivity index (χ3v) is 16.7. The number of hydrogen-bond acceptors (Lipinski definition) is 3. The van der Waals surface area contributed by atoms with Crippen molar-refractivity contribution in [2.45, 2.75) is 17.2 Å². The number of benzene rings is 7. The lowest BCUT2D eigenvalue weighted by molar-refractivity contribution is 0.669. The van der Waals surface area contributed by atoms with Gasteiger partial charge in [-0.05, 0) is 123 Å². The van der Waals surface area contributed by atoms with E-state index < -0.39 is 9.16 Å². The zero-order valence-electron chi connectivity index (χ0n) is 32.4. The maximum absolute atomic E-state index is 6.63. The maximum atomic E-state index is 6.63. The summed E-state index contributed by atoms with van der Waals surface area (Å²) in [5.41, 5.74) is 8.75. The number of anilines is 3. The van der Waals surface area contributed by atoms with Crippen LogP contribution in [0.2, 0.25) is 0 Å². The Labute approximate surface area is 337 Å². The first-order valence-electron chi connectivity index (χ1n) is 19.7. The number of nitrogens with zero attached hydrogens (tertiary/aromatic N) is 1. The van der Waals surface area contributed by atoms with Crippen LogP contribution in [0.15, 0.2) is 173 Å². The van der Waals surface area contributed by atoms with Gasteiger partial charge in [0.15, 0.2) is 0 Å². The minimum atomic E-state index is -2.45. The normalized spacial score (nSPS) is 18.8. The van der Waals surface area contributed by atoms with Gasteiger partial charge in [-0.15, -0.1) is 11.3 Å². The van der Waals surface area contributed by atoms with E-state index in [1.165, 1.54) is 62.8 Å². The van der Waals surface area contributed by atoms with Crippen molar-refractivity contribution in [3.05, 3.63) is 185 Å². The van der Waals surface area contributed by atoms with Gasteiger partial charge in [0.2, 0.25) is 0 Å². The number of thiol groups is 1. The summed E-state index contributed by atoms with van der Waals surface area (Å²) in [6.07, 6.45) is 19.6. The minimum Gasteiger partial charge on any atom is -0.456 e. The average Bonchev–Trinajstić information content (AvgIpc) is 3.80. The fourth-order valence-electron chi connectivity index (χ4n) is 9.21. The molecular formula is C53H43NOS2. The highest BCUT2D eigenvalue weighted by molar-refractivity contribution is 8.50. The summed E-state index contributed by atoms with van der Waals surface area (Å²) < 4.78 is 9.23. The Morgan fingerprint density at radius 3 is 2.30 bits per heavy atom. The molecule has 1 aliphatic carbocycles. The monoisotopic (exact) mass is 773 g/mol. The molecule has 2 aliphatic rings. The highest BCUT2D eigenvalue weighted by atomic mass is 32.3. The Morgan fingerprint density at radius 1 is 0.667 bits per heavy atom. The lowest BCUT2D eigenvalue weighted by atomic mass is 9.90. The lowest BCUT2D eigenvalue weighted by Gasteiger charge is -2.51. The molecule has 7 aromatic carbocycles. The molecule has 0 saturated heterocycles. The van der Waals surface area contributed by atoms with E-state index in [0.717, 1.165) is 45.6 Å². The largest absolute Gasteiger partial charge is 0.456 e. The van der Waals surface area contributed by atoms with Gasteiger partial charge >= 0.3 is 0 Å². The van der Waals surface area contributed by atoms with Gasteiger partial charge in [0.25, 0.3) is 0 Å². The molecule has 3 heterocycles. The number of allylic oxidation sites excluding steroid dienone is 4. The number of furan rings is 1. The fraction of sp³-hybridized carbons (Fsp3) is 0.0943. The zero-order valence-corrected chi connectivity index (χ0v) is 34.1. The van der Waals surface area contributed by atoms with Crippen LogP contribution in [-0.2, 0) is 0 Å². The number of thiophene rings is 1. The molecule has 0 saturated carbocycles. The van der Waals surface area contributed by atoms with Crippen molar-refractivity contribution in [2.24, 2.45) is 0 Å². The molecule has 4 heteroatoms. The molecule has 0 amide bonds. The molecule has 278 valence electrons. The topological polar surface area (TPSA) is 16.4 Å². The summed E-state index contributed by atoms with van der Waals surface area (Å²) in [5, 5.41) is 12.5. The van der Waals surface area contributed by atoms with Crippen molar-refractivity contribution in [3.63, 3.8) is 0 Å². The number of fused-ring (bicyclic) bond motifs is 11. The molecule has 2 nitrogen and oxygen atoms in total. The van der Waals surface area contributed by atoms with E-state index in [1.807, 2.05) is 11.3 Å². The van der Waals surface area contributed by atoms with E-state index in [4.69, 9.17) is 4.42 Å². The van der Waals surface area contributed by atoms with Crippen LogP contribution in [0.5, 0.6) is 0 Å². The Morgan fingerprint density at radius 2 is 1.42 bits per heavy atom.